The Morgan fingerprint density at radius 1 is 1.23 bits per heavy atom. The molecule has 26 heavy (non-hydrogen) atoms. The average Bonchev–Trinajstić information content (AvgIpc) is 3.20. The van der Waals surface area contributed by atoms with Gasteiger partial charge in [0.1, 0.15) is 0 Å². The minimum absolute atomic E-state index is 0.0433. The van der Waals surface area contributed by atoms with Crippen molar-refractivity contribution in [3.05, 3.63) is 40.8 Å². The molecule has 0 amide bonds. The van der Waals surface area contributed by atoms with Crippen LogP contribution >= 0.6 is 11.3 Å². The molecule has 0 aliphatic carbocycles. The minimum atomic E-state index is -3.49. The Bertz CT molecular complexity index is 838. The van der Waals surface area contributed by atoms with Gasteiger partial charge in [-0.2, -0.15) is 4.31 Å². The lowest BCUT2D eigenvalue weighted by atomic mass is 9.97. The minimum Gasteiger partial charge on any atom is -0.399 e. The quantitative estimate of drug-likeness (QED) is 0.791. The Balaban J connectivity index is 1.49. The predicted molar refractivity (Wildman–Crippen MR) is 103 cm³/mol. The molecular formula is C18H24N4O2S2. The Hall–Kier alpha value is -1.48. The summed E-state index contributed by atoms with van der Waals surface area (Å²) in [6.07, 6.45) is 4.04. The van der Waals surface area contributed by atoms with E-state index in [2.05, 4.69) is 15.3 Å². The van der Waals surface area contributed by atoms with E-state index in [9.17, 15) is 8.42 Å². The van der Waals surface area contributed by atoms with Crippen LogP contribution in [0.2, 0.25) is 0 Å². The fourth-order valence-corrected chi connectivity index (χ4v) is 6.23. The van der Waals surface area contributed by atoms with Crippen LogP contribution in [0.4, 0.5) is 5.69 Å². The number of anilines is 1. The van der Waals surface area contributed by atoms with E-state index in [1.165, 1.54) is 0 Å². The Kier molecular flexibility index (Phi) is 4.77. The van der Waals surface area contributed by atoms with Gasteiger partial charge in [-0.1, -0.05) is 0 Å². The van der Waals surface area contributed by atoms with Crippen molar-refractivity contribution in [3.63, 3.8) is 0 Å². The number of hydrogen-bond acceptors (Lipinski definition) is 6. The number of fused-ring (bicyclic) bond motifs is 2. The van der Waals surface area contributed by atoms with Gasteiger partial charge in [0.15, 0.2) is 0 Å². The van der Waals surface area contributed by atoms with E-state index >= 15 is 0 Å². The van der Waals surface area contributed by atoms with Crippen molar-refractivity contribution in [1.82, 2.24) is 14.2 Å². The van der Waals surface area contributed by atoms with Crippen molar-refractivity contribution in [2.24, 2.45) is 0 Å². The molecule has 2 bridgehead atoms. The predicted octanol–water partition coefficient (Wildman–Crippen LogP) is 2.54. The van der Waals surface area contributed by atoms with Crippen LogP contribution in [-0.2, 0) is 16.6 Å². The van der Waals surface area contributed by atoms with Gasteiger partial charge in [0.2, 0.25) is 10.0 Å². The first-order valence-electron chi connectivity index (χ1n) is 8.91. The second-order valence-corrected chi connectivity index (χ2v) is 9.97. The molecule has 2 N–H and O–H groups in total. The van der Waals surface area contributed by atoms with E-state index in [0.29, 0.717) is 22.7 Å². The summed E-state index contributed by atoms with van der Waals surface area (Å²) >= 11 is 1.62. The molecule has 0 spiro atoms. The summed E-state index contributed by atoms with van der Waals surface area (Å²) in [6.45, 7) is 0.875. The van der Waals surface area contributed by atoms with E-state index in [-0.39, 0.29) is 6.04 Å². The monoisotopic (exact) mass is 392 g/mol. The SMILES string of the molecule is CN(C1CC2CCC(C1)N2Cc1cscn1)S(=O)(=O)c1ccc(N)cc1. The Morgan fingerprint density at radius 2 is 1.88 bits per heavy atom. The smallest absolute Gasteiger partial charge is 0.243 e. The molecule has 6 nitrogen and oxygen atoms in total. The fourth-order valence-electron chi connectivity index (χ4n) is 4.31. The molecule has 2 aliphatic rings. The molecule has 2 unspecified atom stereocenters. The fraction of sp³-hybridized carbons (Fsp3) is 0.500. The van der Waals surface area contributed by atoms with Gasteiger partial charge in [0, 0.05) is 42.8 Å². The van der Waals surface area contributed by atoms with E-state index in [4.69, 9.17) is 5.73 Å². The second kappa shape index (κ2) is 6.92. The summed E-state index contributed by atoms with van der Waals surface area (Å²) in [6, 6.07) is 7.37. The van der Waals surface area contributed by atoms with Crippen molar-refractivity contribution in [2.45, 2.75) is 55.2 Å². The molecule has 2 saturated heterocycles. The highest BCUT2D eigenvalue weighted by atomic mass is 32.2. The zero-order valence-electron chi connectivity index (χ0n) is 14.8. The van der Waals surface area contributed by atoms with Gasteiger partial charge in [0.25, 0.3) is 0 Å². The van der Waals surface area contributed by atoms with Gasteiger partial charge >= 0.3 is 0 Å². The number of nitrogens with zero attached hydrogens (tertiary/aromatic N) is 3. The molecule has 2 aliphatic heterocycles. The molecule has 0 radical (unpaired) electrons. The van der Waals surface area contributed by atoms with E-state index in [1.54, 1.807) is 47.0 Å². The first-order chi connectivity index (χ1) is 12.4. The molecular weight excluding hydrogens is 368 g/mol. The Morgan fingerprint density at radius 3 is 2.46 bits per heavy atom. The summed E-state index contributed by atoms with van der Waals surface area (Å²) in [5.74, 6) is 0. The third-order valence-electron chi connectivity index (χ3n) is 5.76. The van der Waals surface area contributed by atoms with E-state index < -0.39 is 10.0 Å². The van der Waals surface area contributed by atoms with Crippen LogP contribution in [0, 0.1) is 0 Å². The summed E-state index contributed by atoms with van der Waals surface area (Å²) < 4.78 is 27.5. The molecule has 3 heterocycles. The molecule has 2 fully saturated rings. The number of nitrogens with two attached hydrogens (primary N) is 1. The largest absolute Gasteiger partial charge is 0.399 e. The summed E-state index contributed by atoms with van der Waals surface area (Å²) in [5.41, 5.74) is 9.25. The third kappa shape index (κ3) is 3.26. The molecule has 4 rings (SSSR count). The van der Waals surface area contributed by atoms with Crippen LogP contribution < -0.4 is 5.73 Å². The van der Waals surface area contributed by atoms with Crippen molar-refractivity contribution >= 4 is 27.0 Å². The molecule has 140 valence electrons. The average molecular weight is 393 g/mol. The number of benzene rings is 1. The standard InChI is InChI=1S/C18H24N4O2S2/c1-21(26(23,24)18-6-2-13(19)3-7-18)17-8-15-4-5-16(9-17)22(15)10-14-11-25-12-20-14/h2-3,6-7,11-12,15-17H,4-5,8-10,19H2,1H3. The maximum atomic E-state index is 13.0. The molecule has 1 aromatic carbocycles. The summed E-state index contributed by atoms with van der Waals surface area (Å²) in [5, 5.41) is 2.10. The van der Waals surface area contributed by atoms with E-state index in [0.717, 1.165) is 37.9 Å². The number of hydrogen-bond donors (Lipinski definition) is 1. The van der Waals surface area contributed by atoms with Crippen molar-refractivity contribution in [1.29, 1.82) is 0 Å². The van der Waals surface area contributed by atoms with Gasteiger partial charge in [-0.15, -0.1) is 11.3 Å². The number of rotatable bonds is 5. The van der Waals surface area contributed by atoms with Gasteiger partial charge in [-0.25, -0.2) is 13.4 Å². The molecule has 2 aromatic rings. The highest BCUT2D eigenvalue weighted by Gasteiger charge is 2.44. The summed E-state index contributed by atoms with van der Waals surface area (Å²) in [4.78, 5) is 7.24. The van der Waals surface area contributed by atoms with Gasteiger partial charge in [-0.05, 0) is 49.9 Å². The lowest BCUT2D eigenvalue weighted by Gasteiger charge is -2.41. The number of thiazole rings is 1. The Labute approximate surface area is 158 Å². The van der Waals surface area contributed by atoms with Crippen LogP contribution in [0.1, 0.15) is 31.4 Å². The summed E-state index contributed by atoms with van der Waals surface area (Å²) in [7, 11) is -1.78. The normalized spacial score (nSPS) is 26.5. The van der Waals surface area contributed by atoms with Crippen LogP contribution in [0.5, 0.6) is 0 Å². The number of nitrogen functional groups attached to an aromatic ring is 1. The van der Waals surface area contributed by atoms with Crippen LogP contribution in [0.25, 0.3) is 0 Å². The molecule has 2 atom stereocenters. The molecule has 1 aromatic heterocycles. The van der Waals surface area contributed by atoms with Crippen molar-refractivity contribution in [2.75, 3.05) is 12.8 Å². The first kappa shape index (κ1) is 17.9. The molecule has 8 heteroatoms. The maximum Gasteiger partial charge on any atom is 0.243 e. The number of sulfonamides is 1. The van der Waals surface area contributed by atoms with Crippen LogP contribution in [0.3, 0.4) is 0 Å². The lowest BCUT2D eigenvalue weighted by molar-refractivity contribution is 0.0896. The zero-order chi connectivity index (χ0) is 18.3. The highest BCUT2D eigenvalue weighted by Crippen LogP contribution is 2.39. The maximum absolute atomic E-state index is 13.0. The van der Waals surface area contributed by atoms with E-state index in [1.807, 2.05) is 5.51 Å². The number of piperidine rings is 1. The van der Waals surface area contributed by atoms with Crippen molar-refractivity contribution < 1.29 is 8.42 Å². The first-order valence-corrected chi connectivity index (χ1v) is 11.3. The molecule has 0 saturated carbocycles. The van der Waals surface area contributed by atoms with Gasteiger partial charge < -0.3 is 5.73 Å². The van der Waals surface area contributed by atoms with Crippen molar-refractivity contribution in [3.8, 4) is 0 Å². The lowest BCUT2D eigenvalue weighted by Crippen LogP contribution is -2.50. The topological polar surface area (TPSA) is 79.5 Å². The zero-order valence-corrected chi connectivity index (χ0v) is 16.4. The third-order valence-corrected chi connectivity index (χ3v) is 8.32. The highest BCUT2D eigenvalue weighted by molar-refractivity contribution is 7.89. The number of aromatic nitrogens is 1. The van der Waals surface area contributed by atoms with Gasteiger partial charge in [-0.3, -0.25) is 4.90 Å². The van der Waals surface area contributed by atoms with Crippen LogP contribution in [0.15, 0.2) is 40.1 Å². The van der Waals surface area contributed by atoms with Crippen LogP contribution in [-0.4, -0.2) is 47.8 Å². The second-order valence-electron chi connectivity index (χ2n) is 7.25. The van der Waals surface area contributed by atoms with Gasteiger partial charge in [0.05, 0.1) is 16.1 Å².